The number of carbonyl (C=O) groups excluding carboxylic acids is 1. The van der Waals surface area contributed by atoms with Gasteiger partial charge in [0.05, 0.1) is 3.58 Å². The SMILES string of the molecule is CNC(=O)/C(I)=C\C(=[N-])Cl. The standard InChI is InChI=1S/C5H5ClIN2O/c1-9-5(10)3(7)2-4(6)8/h2H,1H3,(H,9,10)/q-1/b3-2+. The van der Waals surface area contributed by atoms with Crippen molar-refractivity contribution in [3.63, 3.8) is 0 Å². The van der Waals surface area contributed by atoms with E-state index in [2.05, 4.69) is 5.32 Å². The third kappa shape index (κ3) is 3.84. The number of hydrogen-bond donors (Lipinski definition) is 1. The van der Waals surface area contributed by atoms with E-state index in [0.717, 1.165) is 0 Å². The predicted molar refractivity (Wildman–Crippen MR) is 50.4 cm³/mol. The van der Waals surface area contributed by atoms with E-state index in [1.54, 1.807) is 22.6 Å². The molecule has 0 saturated carbocycles. The molecule has 0 aliphatic rings. The predicted octanol–water partition coefficient (Wildman–Crippen LogP) is 1.26. The molecule has 0 radical (unpaired) electrons. The molecule has 1 N–H and O–H groups in total. The molecule has 0 heterocycles. The summed E-state index contributed by atoms with van der Waals surface area (Å²) in [6.45, 7) is 0. The Hall–Kier alpha value is -0.100. The minimum Gasteiger partial charge on any atom is -0.794 e. The van der Waals surface area contributed by atoms with Crippen molar-refractivity contribution in [1.29, 1.82) is 0 Å². The summed E-state index contributed by atoms with van der Waals surface area (Å²) in [5, 5.41) is 10.5. The largest absolute Gasteiger partial charge is 0.794 e. The van der Waals surface area contributed by atoms with Crippen LogP contribution in [-0.4, -0.2) is 18.1 Å². The minimum atomic E-state index is -0.395. The highest BCUT2D eigenvalue weighted by Crippen LogP contribution is 2.06. The Morgan fingerprint density at radius 2 is 2.30 bits per heavy atom. The molecule has 0 aliphatic carbocycles. The molecule has 0 aromatic heterocycles. The first-order valence-corrected chi connectivity index (χ1v) is 3.84. The van der Waals surface area contributed by atoms with Crippen molar-refractivity contribution < 1.29 is 4.79 Å². The van der Waals surface area contributed by atoms with Gasteiger partial charge in [0.15, 0.2) is 0 Å². The van der Waals surface area contributed by atoms with Crippen LogP contribution in [0.2, 0.25) is 0 Å². The molecule has 0 rings (SSSR count). The monoisotopic (exact) mass is 271 g/mol. The van der Waals surface area contributed by atoms with E-state index in [0.29, 0.717) is 3.58 Å². The summed E-state index contributed by atoms with van der Waals surface area (Å²) < 4.78 is 0.340. The fourth-order valence-corrected chi connectivity index (χ4v) is 1.15. The Labute approximate surface area is 77.5 Å². The summed E-state index contributed by atoms with van der Waals surface area (Å²) in [7, 11) is 1.50. The third-order valence-electron chi connectivity index (χ3n) is 0.690. The van der Waals surface area contributed by atoms with Crippen molar-refractivity contribution >= 4 is 45.3 Å². The summed E-state index contributed by atoms with van der Waals surface area (Å²) in [6.07, 6.45) is 1.17. The van der Waals surface area contributed by atoms with E-state index >= 15 is 0 Å². The first-order chi connectivity index (χ1) is 4.57. The van der Waals surface area contributed by atoms with Gasteiger partial charge >= 0.3 is 0 Å². The smallest absolute Gasteiger partial charge is 0.257 e. The van der Waals surface area contributed by atoms with Gasteiger partial charge in [0.1, 0.15) is 0 Å². The number of nitrogens with one attached hydrogen (secondary N) is 1. The lowest BCUT2D eigenvalue weighted by Crippen LogP contribution is -2.17. The number of carbonyl (C=O) groups is 1. The number of hydrogen-bond acceptors (Lipinski definition) is 1. The second kappa shape index (κ2) is 4.68. The van der Waals surface area contributed by atoms with Gasteiger partial charge < -0.3 is 10.7 Å². The molecule has 10 heavy (non-hydrogen) atoms. The Morgan fingerprint density at radius 1 is 1.80 bits per heavy atom. The zero-order valence-corrected chi connectivity index (χ0v) is 8.10. The van der Waals surface area contributed by atoms with E-state index in [9.17, 15) is 4.79 Å². The Morgan fingerprint density at radius 3 is 2.60 bits per heavy atom. The van der Waals surface area contributed by atoms with E-state index in [4.69, 9.17) is 17.0 Å². The molecule has 0 bridgehead atoms. The van der Waals surface area contributed by atoms with Crippen LogP contribution < -0.4 is 5.32 Å². The molecular formula is C5H5ClIN2O-. The van der Waals surface area contributed by atoms with Gasteiger partial charge in [-0.15, -0.1) is 11.6 Å². The molecular weight excluding hydrogens is 266 g/mol. The molecule has 0 spiro atoms. The first-order valence-electron chi connectivity index (χ1n) is 2.38. The van der Waals surface area contributed by atoms with E-state index in [1.165, 1.54) is 13.1 Å². The normalized spacial score (nSPS) is 10.9. The minimum absolute atomic E-state index is 0.271. The van der Waals surface area contributed by atoms with Crippen LogP contribution in [0, 0.1) is 0 Å². The van der Waals surface area contributed by atoms with Crippen LogP contribution in [-0.2, 0) is 4.79 Å². The maximum atomic E-state index is 10.7. The molecule has 0 atom stereocenters. The van der Waals surface area contributed by atoms with Crippen LogP contribution in [0.4, 0.5) is 0 Å². The Balaban J connectivity index is 4.19. The van der Waals surface area contributed by atoms with Crippen molar-refractivity contribution in [3.05, 3.63) is 15.1 Å². The molecule has 56 valence electrons. The molecule has 0 unspecified atom stereocenters. The molecule has 3 nitrogen and oxygen atoms in total. The summed E-state index contributed by atoms with van der Waals surface area (Å²) in [5.41, 5.74) is 0. The lowest BCUT2D eigenvalue weighted by molar-refractivity contribution is -0.116. The number of nitrogens with zero attached hydrogens (tertiary/aromatic N) is 1. The first kappa shape index (κ1) is 9.90. The number of rotatable bonds is 2. The van der Waals surface area contributed by atoms with Crippen molar-refractivity contribution in [2.24, 2.45) is 0 Å². The van der Waals surface area contributed by atoms with Gasteiger partial charge in [0.25, 0.3) is 5.91 Å². The second-order valence-electron chi connectivity index (χ2n) is 1.39. The van der Waals surface area contributed by atoms with Crippen LogP contribution in [0.15, 0.2) is 9.66 Å². The van der Waals surface area contributed by atoms with Crippen LogP contribution in [0.1, 0.15) is 0 Å². The van der Waals surface area contributed by atoms with Gasteiger partial charge in [0.2, 0.25) is 0 Å². The Bertz CT molecular complexity index is 190. The molecule has 0 aromatic carbocycles. The van der Waals surface area contributed by atoms with Crippen LogP contribution in [0.25, 0.3) is 5.41 Å². The fraction of sp³-hybridized carbons (Fsp3) is 0.200. The summed E-state index contributed by atoms with van der Waals surface area (Å²) >= 11 is 6.85. The molecule has 0 fully saturated rings. The molecule has 1 amide bonds. The number of amides is 1. The van der Waals surface area contributed by atoms with Gasteiger partial charge in [-0.3, -0.25) is 4.79 Å². The average Bonchev–Trinajstić information content (AvgIpc) is 1.85. The quantitative estimate of drug-likeness (QED) is 0.459. The summed E-state index contributed by atoms with van der Waals surface area (Å²) in [6, 6.07) is 0. The Kier molecular flexibility index (Phi) is 4.63. The van der Waals surface area contributed by atoms with Gasteiger partial charge in [-0.2, -0.15) is 0 Å². The molecule has 0 aromatic rings. The van der Waals surface area contributed by atoms with Crippen LogP contribution >= 0.6 is 34.2 Å². The average molecular weight is 271 g/mol. The number of allylic oxidation sites excluding steroid dienone is 1. The second-order valence-corrected chi connectivity index (χ2v) is 2.94. The third-order valence-corrected chi connectivity index (χ3v) is 1.60. The highest BCUT2D eigenvalue weighted by Gasteiger charge is 1.99. The van der Waals surface area contributed by atoms with Gasteiger partial charge in [-0.25, -0.2) is 0 Å². The molecule has 0 aliphatic heterocycles. The lowest BCUT2D eigenvalue weighted by Gasteiger charge is -1.98. The van der Waals surface area contributed by atoms with Gasteiger partial charge in [0, 0.05) is 7.05 Å². The highest BCUT2D eigenvalue weighted by atomic mass is 127. The highest BCUT2D eigenvalue weighted by molar-refractivity contribution is 14.1. The molecule has 0 saturated heterocycles. The van der Waals surface area contributed by atoms with E-state index in [1.807, 2.05) is 0 Å². The number of likely N-dealkylation sites (N-methyl/N-ethyl adjacent to an activating group) is 1. The van der Waals surface area contributed by atoms with Crippen LogP contribution in [0.3, 0.4) is 0 Å². The topological polar surface area (TPSA) is 51.4 Å². The van der Waals surface area contributed by atoms with Crippen LogP contribution in [0.5, 0.6) is 0 Å². The van der Waals surface area contributed by atoms with E-state index in [-0.39, 0.29) is 5.91 Å². The van der Waals surface area contributed by atoms with Crippen molar-refractivity contribution in [2.45, 2.75) is 0 Å². The lowest BCUT2D eigenvalue weighted by atomic mass is 10.5. The summed E-state index contributed by atoms with van der Waals surface area (Å²) in [4.78, 5) is 10.7. The van der Waals surface area contributed by atoms with Crippen molar-refractivity contribution in [1.82, 2.24) is 5.32 Å². The van der Waals surface area contributed by atoms with Crippen molar-refractivity contribution in [2.75, 3.05) is 7.05 Å². The van der Waals surface area contributed by atoms with Gasteiger partial charge in [-0.05, 0) is 28.7 Å². The number of halogens is 2. The maximum Gasteiger partial charge on any atom is 0.257 e. The maximum absolute atomic E-state index is 10.7. The zero-order chi connectivity index (χ0) is 8.15. The van der Waals surface area contributed by atoms with E-state index < -0.39 is 5.17 Å². The van der Waals surface area contributed by atoms with Crippen molar-refractivity contribution in [3.8, 4) is 0 Å². The van der Waals surface area contributed by atoms with Gasteiger partial charge in [-0.1, -0.05) is 5.17 Å². The molecule has 5 heteroatoms. The zero-order valence-electron chi connectivity index (χ0n) is 5.19. The summed E-state index contributed by atoms with van der Waals surface area (Å²) in [5.74, 6) is -0.271. The fourth-order valence-electron chi connectivity index (χ4n) is 0.290.